The fraction of sp³-hybridized carbons (Fsp3) is 0.639. The number of phenolic OH excluding ortho intramolecular Hbond substituents is 4. The standard InChI is InChI=1S/C36H56O6/c1-4-16-27(3)18-12-8-6-10-14-20-29-24-32(39)26-34(40)35(29)36(41)42-33(17-5-2)21-15-11-7-9-13-19-28-22-30(37)25-31(38)23-28/h22-27,33,37-40H,4-21H2,1-3H3. The third-order valence-corrected chi connectivity index (χ3v) is 8.15. The number of carbonyl (C=O) groups is 1. The predicted octanol–water partition coefficient (Wildman–Crippen LogP) is 9.74. The van der Waals surface area contributed by atoms with Crippen LogP contribution in [0.15, 0.2) is 30.3 Å². The van der Waals surface area contributed by atoms with Gasteiger partial charge in [-0.05, 0) is 80.2 Å². The van der Waals surface area contributed by atoms with E-state index in [9.17, 15) is 25.2 Å². The highest BCUT2D eigenvalue weighted by Gasteiger charge is 2.22. The molecule has 2 rings (SSSR count). The fourth-order valence-corrected chi connectivity index (χ4v) is 5.90. The monoisotopic (exact) mass is 584 g/mol. The highest BCUT2D eigenvalue weighted by atomic mass is 16.5. The minimum atomic E-state index is -0.500. The van der Waals surface area contributed by atoms with Gasteiger partial charge in [0.05, 0.1) is 0 Å². The second-order valence-electron chi connectivity index (χ2n) is 12.2. The van der Waals surface area contributed by atoms with Gasteiger partial charge in [0, 0.05) is 12.1 Å². The van der Waals surface area contributed by atoms with Crippen LogP contribution in [-0.4, -0.2) is 32.5 Å². The molecular formula is C36H56O6. The lowest BCUT2D eigenvalue weighted by atomic mass is 9.96. The van der Waals surface area contributed by atoms with Crippen LogP contribution in [0.4, 0.5) is 0 Å². The van der Waals surface area contributed by atoms with Gasteiger partial charge in [-0.3, -0.25) is 0 Å². The first kappa shape index (κ1) is 35.3. The Kier molecular flexibility index (Phi) is 16.9. The summed E-state index contributed by atoms with van der Waals surface area (Å²) in [4.78, 5) is 13.2. The second-order valence-corrected chi connectivity index (χ2v) is 12.2. The summed E-state index contributed by atoms with van der Waals surface area (Å²) in [6.45, 7) is 6.65. The summed E-state index contributed by atoms with van der Waals surface area (Å²) in [5.41, 5.74) is 1.79. The van der Waals surface area contributed by atoms with Gasteiger partial charge in [0.2, 0.25) is 0 Å². The zero-order chi connectivity index (χ0) is 30.7. The van der Waals surface area contributed by atoms with Crippen LogP contribution in [0, 0.1) is 5.92 Å². The zero-order valence-electron chi connectivity index (χ0n) is 26.4. The van der Waals surface area contributed by atoms with Gasteiger partial charge < -0.3 is 25.2 Å². The molecular weight excluding hydrogens is 528 g/mol. The molecule has 42 heavy (non-hydrogen) atoms. The molecule has 0 aliphatic carbocycles. The van der Waals surface area contributed by atoms with Gasteiger partial charge in [0.25, 0.3) is 0 Å². The second kappa shape index (κ2) is 20.1. The number of ether oxygens (including phenoxy) is 1. The van der Waals surface area contributed by atoms with Gasteiger partial charge in [-0.25, -0.2) is 4.79 Å². The Labute approximate surface area is 254 Å². The minimum absolute atomic E-state index is 0.0325. The van der Waals surface area contributed by atoms with Crippen molar-refractivity contribution >= 4 is 5.97 Å². The fourth-order valence-electron chi connectivity index (χ4n) is 5.90. The van der Waals surface area contributed by atoms with Gasteiger partial charge in [-0.1, -0.05) is 91.4 Å². The predicted molar refractivity (Wildman–Crippen MR) is 171 cm³/mol. The van der Waals surface area contributed by atoms with Crippen LogP contribution in [0.2, 0.25) is 0 Å². The molecule has 0 saturated carbocycles. The first-order valence-corrected chi connectivity index (χ1v) is 16.5. The Balaban J connectivity index is 1.78. The van der Waals surface area contributed by atoms with E-state index >= 15 is 0 Å². The number of hydrogen-bond acceptors (Lipinski definition) is 6. The highest BCUT2D eigenvalue weighted by Crippen LogP contribution is 2.30. The molecule has 6 heteroatoms. The van der Waals surface area contributed by atoms with E-state index in [4.69, 9.17) is 4.74 Å². The van der Waals surface area contributed by atoms with Gasteiger partial charge in [-0.15, -0.1) is 0 Å². The number of unbranched alkanes of at least 4 members (excludes halogenated alkanes) is 8. The summed E-state index contributed by atoms with van der Waals surface area (Å²) in [7, 11) is 0. The number of benzene rings is 2. The summed E-state index contributed by atoms with van der Waals surface area (Å²) >= 11 is 0. The van der Waals surface area contributed by atoms with E-state index in [0.717, 1.165) is 88.5 Å². The van der Waals surface area contributed by atoms with Crippen LogP contribution in [0.1, 0.15) is 145 Å². The van der Waals surface area contributed by atoms with Gasteiger partial charge in [-0.2, -0.15) is 0 Å². The normalized spacial score (nSPS) is 12.7. The Morgan fingerprint density at radius 3 is 1.83 bits per heavy atom. The number of carbonyl (C=O) groups excluding carboxylic acids is 1. The summed E-state index contributed by atoms with van der Waals surface area (Å²) in [5.74, 6) is 0.236. The van der Waals surface area contributed by atoms with Crippen molar-refractivity contribution in [1.29, 1.82) is 0 Å². The van der Waals surface area contributed by atoms with E-state index in [-0.39, 0.29) is 34.7 Å². The average molecular weight is 585 g/mol. The summed E-state index contributed by atoms with van der Waals surface area (Å²) in [5, 5.41) is 39.9. The van der Waals surface area contributed by atoms with E-state index in [1.807, 2.05) is 0 Å². The number of rotatable bonds is 22. The molecule has 0 spiro atoms. The van der Waals surface area contributed by atoms with E-state index in [0.29, 0.717) is 12.0 Å². The smallest absolute Gasteiger partial charge is 0.342 e. The molecule has 0 fully saturated rings. The molecule has 0 bridgehead atoms. The zero-order valence-corrected chi connectivity index (χ0v) is 26.4. The molecule has 2 unspecified atom stereocenters. The topological polar surface area (TPSA) is 107 Å². The summed E-state index contributed by atoms with van der Waals surface area (Å²) < 4.78 is 5.92. The molecule has 0 aliphatic heterocycles. The first-order valence-electron chi connectivity index (χ1n) is 16.5. The molecule has 2 aromatic rings. The van der Waals surface area contributed by atoms with Crippen molar-refractivity contribution in [3.05, 3.63) is 47.0 Å². The van der Waals surface area contributed by atoms with E-state index in [1.54, 1.807) is 18.2 Å². The maximum atomic E-state index is 13.2. The molecule has 2 atom stereocenters. The maximum Gasteiger partial charge on any atom is 0.342 e. The van der Waals surface area contributed by atoms with Gasteiger partial charge in [0.15, 0.2) is 0 Å². The number of phenols is 4. The Hall–Kier alpha value is -2.89. The van der Waals surface area contributed by atoms with Crippen molar-refractivity contribution in [2.45, 2.75) is 142 Å². The Bertz CT molecular complexity index is 1030. The molecule has 6 nitrogen and oxygen atoms in total. The van der Waals surface area contributed by atoms with Gasteiger partial charge >= 0.3 is 5.97 Å². The van der Waals surface area contributed by atoms with Crippen LogP contribution in [0.25, 0.3) is 0 Å². The number of aryl methyl sites for hydroxylation is 2. The maximum absolute atomic E-state index is 13.2. The molecule has 0 saturated heterocycles. The summed E-state index contributed by atoms with van der Waals surface area (Å²) in [6.07, 6.45) is 18.2. The van der Waals surface area contributed by atoms with Crippen LogP contribution in [0.3, 0.4) is 0 Å². The molecule has 4 N–H and O–H groups in total. The highest BCUT2D eigenvalue weighted by molar-refractivity contribution is 5.94. The third-order valence-electron chi connectivity index (χ3n) is 8.15. The molecule has 0 aromatic heterocycles. The van der Waals surface area contributed by atoms with Crippen LogP contribution >= 0.6 is 0 Å². The number of hydrogen-bond donors (Lipinski definition) is 4. The lowest BCUT2D eigenvalue weighted by Gasteiger charge is -2.19. The van der Waals surface area contributed by atoms with E-state index in [1.165, 1.54) is 44.2 Å². The van der Waals surface area contributed by atoms with E-state index < -0.39 is 5.97 Å². The van der Waals surface area contributed by atoms with Crippen molar-refractivity contribution in [2.75, 3.05) is 0 Å². The van der Waals surface area contributed by atoms with Crippen molar-refractivity contribution < 1.29 is 30.0 Å². The average Bonchev–Trinajstić information content (AvgIpc) is 2.91. The largest absolute Gasteiger partial charge is 0.508 e. The van der Waals surface area contributed by atoms with Crippen molar-refractivity contribution in [1.82, 2.24) is 0 Å². The van der Waals surface area contributed by atoms with Crippen LogP contribution in [-0.2, 0) is 17.6 Å². The third kappa shape index (κ3) is 13.8. The van der Waals surface area contributed by atoms with E-state index in [2.05, 4.69) is 20.8 Å². The lowest BCUT2D eigenvalue weighted by molar-refractivity contribution is 0.0249. The molecule has 0 radical (unpaired) electrons. The number of aromatic hydroxyl groups is 4. The number of esters is 1. The molecule has 236 valence electrons. The Morgan fingerprint density at radius 1 is 0.643 bits per heavy atom. The SMILES string of the molecule is CCCC(C)CCCCCCCc1cc(O)cc(O)c1C(=O)OC(CCC)CCCCCCCc1cc(O)cc(O)c1. The lowest BCUT2D eigenvalue weighted by Crippen LogP contribution is -2.19. The van der Waals surface area contributed by atoms with Crippen LogP contribution in [0.5, 0.6) is 23.0 Å². The quantitative estimate of drug-likeness (QED) is 0.0810. The summed E-state index contributed by atoms with van der Waals surface area (Å²) in [6, 6.07) is 7.54. The van der Waals surface area contributed by atoms with Crippen molar-refractivity contribution in [3.8, 4) is 23.0 Å². The first-order chi connectivity index (χ1) is 20.2. The molecule has 0 amide bonds. The molecule has 2 aromatic carbocycles. The van der Waals surface area contributed by atoms with Gasteiger partial charge in [0.1, 0.15) is 34.7 Å². The molecule has 0 heterocycles. The molecule has 0 aliphatic rings. The Morgan fingerprint density at radius 2 is 1.19 bits per heavy atom. The van der Waals surface area contributed by atoms with Crippen molar-refractivity contribution in [2.24, 2.45) is 5.92 Å². The minimum Gasteiger partial charge on any atom is -0.508 e. The van der Waals surface area contributed by atoms with Crippen molar-refractivity contribution in [3.63, 3.8) is 0 Å². The van der Waals surface area contributed by atoms with Crippen LogP contribution < -0.4 is 0 Å².